The molecule has 5 N–H and O–H groups in total. The van der Waals surface area contributed by atoms with E-state index in [1.807, 2.05) is 0 Å². The Hall–Kier alpha value is -2.09. The first-order valence-electron chi connectivity index (χ1n) is 9.56. The van der Waals surface area contributed by atoms with Gasteiger partial charge in [-0.1, -0.05) is 6.58 Å². The molecule has 0 spiro atoms. The average Bonchev–Trinajstić information content (AvgIpc) is 3.10. The van der Waals surface area contributed by atoms with Crippen LogP contribution in [0.3, 0.4) is 0 Å². The van der Waals surface area contributed by atoms with Gasteiger partial charge in [-0.05, 0) is 38.0 Å². The maximum atomic E-state index is 13.3. The van der Waals surface area contributed by atoms with Gasteiger partial charge in [-0.15, -0.1) is 0 Å². The maximum absolute atomic E-state index is 13.3. The second kappa shape index (κ2) is 8.29. The summed E-state index contributed by atoms with van der Waals surface area (Å²) in [5.74, 6) is -1.89. The van der Waals surface area contributed by atoms with E-state index in [4.69, 9.17) is 11.1 Å². The van der Waals surface area contributed by atoms with Crippen molar-refractivity contribution >= 4 is 17.9 Å². The lowest BCUT2D eigenvalue weighted by Crippen LogP contribution is -2.31. The van der Waals surface area contributed by atoms with Crippen molar-refractivity contribution in [1.29, 1.82) is 5.41 Å². The molecule has 0 aromatic carbocycles. The van der Waals surface area contributed by atoms with Crippen molar-refractivity contribution in [3.8, 4) is 0 Å². The molecule has 2 atom stereocenters. The quantitative estimate of drug-likeness (QED) is 0.565. The van der Waals surface area contributed by atoms with E-state index in [2.05, 4.69) is 26.9 Å². The normalized spacial score (nSPS) is 24.7. The van der Waals surface area contributed by atoms with Gasteiger partial charge in [-0.25, -0.2) is 18.8 Å². The minimum atomic E-state index is -2.56. The molecule has 1 aromatic heterocycles. The molecular weight excluding hydrogens is 350 g/mol. The molecule has 1 aromatic rings. The van der Waals surface area contributed by atoms with Gasteiger partial charge >= 0.3 is 0 Å². The van der Waals surface area contributed by atoms with Crippen LogP contribution < -0.4 is 11.1 Å². The van der Waals surface area contributed by atoms with Crippen LogP contribution in [0.1, 0.15) is 56.7 Å². The van der Waals surface area contributed by atoms with E-state index in [0.717, 1.165) is 25.1 Å². The predicted octanol–water partition coefficient (Wildman–Crippen LogP) is 3.86. The van der Waals surface area contributed by atoms with Gasteiger partial charge in [-0.2, -0.15) is 0 Å². The summed E-state index contributed by atoms with van der Waals surface area (Å²) in [6.45, 7) is 4.96. The molecule has 2 aliphatic rings. The number of imidazole rings is 1. The number of rotatable bonds is 6. The summed E-state index contributed by atoms with van der Waals surface area (Å²) in [5.41, 5.74) is 8.35. The van der Waals surface area contributed by atoms with Gasteiger partial charge in [-0.3, -0.25) is 0 Å². The monoisotopic (exact) mass is 378 g/mol. The molecule has 2 fully saturated rings. The van der Waals surface area contributed by atoms with Crippen LogP contribution in [0, 0.1) is 17.2 Å². The molecule has 0 bridgehead atoms. The second-order valence-corrected chi connectivity index (χ2v) is 7.66. The maximum Gasteiger partial charge on any atom is 0.248 e. The van der Waals surface area contributed by atoms with Gasteiger partial charge < -0.3 is 21.4 Å². The van der Waals surface area contributed by atoms with Crippen molar-refractivity contribution in [3.05, 3.63) is 24.2 Å². The first-order valence-corrected chi connectivity index (χ1v) is 9.56. The van der Waals surface area contributed by atoms with Gasteiger partial charge in [0.05, 0.1) is 23.8 Å². The van der Waals surface area contributed by atoms with E-state index >= 15 is 0 Å². The summed E-state index contributed by atoms with van der Waals surface area (Å²) in [7, 11) is 0. The van der Waals surface area contributed by atoms with Crippen LogP contribution in [0.2, 0.25) is 0 Å². The first kappa shape index (κ1) is 19.7. The Labute approximate surface area is 158 Å². The predicted molar refractivity (Wildman–Crippen MR) is 103 cm³/mol. The Bertz CT molecular complexity index is 701. The molecule has 6 nitrogen and oxygen atoms in total. The number of H-pyrrole nitrogens is 1. The molecule has 0 radical (unpaired) electrons. The summed E-state index contributed by atoms with van der Waals surface area (Å²) in [4.78, 5) is 11.5. The first-order chi connectivity index (χ1) is 12.8. The Morgan fingerprint density at radius 2 is 2.19 bits per heavy atom. The number of halogens is 2. The van der Waals surface area contributed by atoms with Crippen LogP contribution in [0.5, 0.6) is 0 Å². The Morgan fingerprint density at radius 3 is 2.89 bits per heavy atom. The highest BCUT2D eigenvalue weighted by atomic mass is 19.3. The molecule has 1 saturated heterocycles. The summed E-state index contributed by atoms with van der Waals surface area (Å²) in [6, 6.07) is -0.353. The third-order valence-electron chi connectivity index (χ3n) is 5.59. The molecule has 1 aliphatic carbocycles. The lowest BCUT2D eigenvalue weighted by molar-refractivity contribution is -0.0484. The standard InChI is InChI=1S/C19H28F2N6/c1-12-14(3-2-8-24-12)9-15(22)10-25-18-26-11-16(27-18)17(23)13-4-6-19(20,21)7-5-13/h10-11,13-14,17,22,24H,1-9,23H2,(H,26,27)/b22-15?,25-10-. The number of allylic oxidation sites excluding steroid dienone is 1. The Balaban J connectivity index is 1.53. The van der Waals surface area contributed by atoms with Crippen molar-refractivity contribution in [2.45, 2.75) is 56.9 Å². The fraction of sp³-hybridized carbons (Fsp3) is 0.632. The lowest BCUT2D eigenvalue weighted by Gasteiger charge is -2.31. The van der Waals surface area contributed by atoms with Crippen molar-refractivity contribution in [2.24, 2.45) is 22.6 Å². The fourth-order valence-corrected chi connectivity index (χ4v) is 3.83. The summed E-state index contributed by atoms with van der Waals surface area (Å²) < 4.78 is 26.6. The number of piperidine rings is 1. The van der Waals surface area contributed by atoms with Crippen LogP contribution in [0.25, 0.3) is 0 Å². The number of nitrogens with zero attached hydrogens (tertiary/aromatic N) is 2. The van der Waals surface area contributed by atoms with Gasteiger partial charge in [0.15, 0.2) is 0 Å². The second-order valence-electron chi connectivity index (χ2n) is 7.66. The summed E-state index contributed by atoms with van der Waals surface area (Å²) in [5, 5.41) is 11.3. The lowest BCUT2D eigenvalue weighted by atomic mass is 9.81. The largest absolute Gasteiger partial charge is 0.389 e. The average molecular weight is 378 g/mol. The number of aromatic amines is 1. The zero-order valence-electron chi connectivity index (χ0n) is 15.5. The van der Waals surface area contributed by atoms with Gasteiger partial charge in [0.1, 0.15) is 0 Å². The molecule has 0 amide bonds. The molecule has 27 heavy (non-hydrogen) atoms. The highest BCUT2D eigenvalue weighted by Crippen LogP contribution is 2.40. The molecule has 148 valence electrons. The number of nitrogens with one attached hydrogen (secondary N) is 3. The number of aliphatic imine (C=N–C) groups is 1. The highest BCUT2D eigenvalue weighted by Gasteiger charge is 2.37. The third-order valence-corrected chi connectivity index (χ3v) is 5.59. The number of hydrogen-bond donors (Lipinski definition) is 4. The van der Waals surface area contributed by atoms with Gasteiger partial charge in [0, 0.05) is 37.0 Å². The molecule has 2 unspecified atom stereocenters. The fourth-order valence-electron chi connectivity index (χ4n) is 3.83. The van der Waals surface area contributed by atoms with Crippen molar-refractivity contribution in [1.82, 2.24) is 15.3 Å². The van der Waals surface area contributed by atoms with Crippen molar-refractivity contribution in [2.75, 3.05) is 6.54 Å². The Kier molecular flexibility index (Phi) is 6.04. The van der Waals surface area contributed by atoms with E-state index in [0.29, 0.717) is 36.6 Å². The smallest absolute Gasteiger partial charge is 0.248 e. The minimum absolute atomic E-state index is 0.0185. The van der Waals surface area contributed by atoms with Crippen LogP contribution in [-0.2, 0) is 0 Å². The third kappa shape index (κ3) is 5.22. The van der Waals surface area contributed by atoms with Gasteiger partial charge in [0.2, 0.25) is 11.9 Å². The summed E-state index contributed by atoms with van der Waals surface area (Å²) >= 11 is 0. The summed E-state index contributed by atoms with van der Waals surface area (Å²) in [6.07, 6.45) is 6.43. The molecule has 2 heterocycles. The van der Waals surface area contributed by atoms with E-state index < -0.39 is 5.92 Å². The minimum Gasteiger partial charge on any atom is -0.389 e. The van der Waals surface area contributed by atoms with Crippen LogP contribution >= 0.6 is 0 Å². The molecular formula is C19H28F2N6. The van der Waals surface area contributed by atoms with Crippen LogP contribution in [0.4, 0.5) is 14.7 Å². The molecule has 1 aliphatic heterocycles. The molecule has 3 rings (SSSR count). The van der Waals surface area contributed by atoms with Crippen LogP contribution in [-0.4, -0.2) is 34.4 Å². The van der Waals surface area contributed by atoms with Crippen molar-refractivity contribution in [3.63, 3.8) is 0 Å². The number of hydrogen-bond acceptors (Lipinski definition) is 5. The zero-order chi connectivity index (χ0) is 19.4. The Morgan fingerprint density at radius 1 is 1.44 bits per heavy atom. The van der Waals surface area contributed by atoms with Crippen LogP contribution in [0.15, 0.2) is 23.5 Å². The number of alkyl halides is 2. The SMILES string of the molecule is C=C1NCCCC1CC(=N)/C=N\c1ncc(C(N)C2CCC(F)(F)CC2)[nH]1. The highest BCUT2D eigenvalue weighted by molar-refractivity contribution is 6.29. The topological polar surface area (TPSA) is 103 Å². The van der Waals surface area contributed by atoms with E-state index in [-0.39, 0.29) is 30.7 Å². The van der Waals surface area contributed by atoms with E-state index in [1.165, 1.54) is 6.21 Å². The van der Waals surface area contributed by atoms with E-state index in [9.17, 15) is 8.78 Å². The molecule has 8 heteroatoms. The van der Waals surface area contributed by atoms with Gasteiger partial charge in [0.25, 0.3) is 0 Å². The van der Waals surface area contributed by atoms with Crippen molar-refractivity contribution < 1.29 is 8.78 Å². The number of aromatic nitrogens is 2. The number of nitrogens with two attached hydrogens (primary N) is 1. The zero-order valence-corrected chi connectivity index (χ0v) is 15.5. The molecule has 1 saturated carbocycles. The van der Waals surface area contributed by atoms with E-state index in [1.54, 1.807) is 6.20 Å².